The highest BCUT2D eigenvalue weighted by molar-refractivity contribution is 5.77. The van der Waals surface area contributed by atoms with Crippen LogP contribution < -0.4 is 10.2 Å². The molecule has 0 unspecified atom stereocenters. The normalized spacial score (nSPS) is 12.4. The Morgan fingerprint density at radius 3 is 2.04 bits per heavy atom. The Labute approximate surface area is 167 Å². The highest BCUT2D eigenvalue weighted by Gasteiger charge is 2.34. The Balaban J connectivity index is 2.93. The van der Waals surface area contributed by atoms with Gasteiger partial charge in [0.25, 0.3) is 0 Å². The van der Waals surface area contributed by atoms with Gasteiger partial charge in [-0.05, 0) is 18.4 Å². The maximum atomic E-state index is 13.0. The number of nitrogens with one attached hydrogen (secondary N) is 2. The molecule has 1 rings (SSSR count). The number of amides is 1. The quantitative estimate of drug-likeness (QED) is 0.537. The van der Waals surface area contributed by atoms with Crippen molar-refractivity contribution in [2.75, 3.05) is 27.2 Å². The van der Waals surface area contributed by atoms with Gasteiger partial charge in [-0.1, -0.05) is 83.7 Å². The van der Waals surface area contributed by atoms with E-state index in [2.05, 4.69) is 77.4 Å². The number of benzene rings is 1. The summed E-state index contributed by atoms with van der Waals surface area (Å²) in [6, 6.07) is 10.7. The number of hydrogen-bond donors (Lipinski definition) is 2. The summed E-state index contributed by atoms with van der Waals surface area (Å²) in [5, 5.41) is 3.25. The number of hydrogen-bond acceptors (Lipinski definition) is 1. The molecule has 154 valence electrons. The summed E-state index contributed by atoms with van der Waals surface area (Å²) in [5.41, 5.74) is 1.41. The lowest BCUT2D eigenvalue weighted by molar-refractivity contribution is -0.865. The van der Waals surface area contributed by atoms with Gasteiger partial charge in [0.1, 0.15) is 0 Å². The third-order valence-electron chi connectivity index (χ3n) is 5.50. The number of quaternary nitrogens is 1. The molecule has 0 radical (unpaired) electrons. The molecule has 2 N–H and O–H groups in total. The molecule has 1 aromatic rings. The Kier molecular flexibility index (Phi) is 10.1. The van der Waals surface area contributed by atoms with Crippen molar-refractivity contribution >= 4 is 5.91 Å². The molecule has 0 aliphatic rings. The van der Waals surface area contributed by atoms with Crippen LogP contribution in [0.15, 0.2) is 30.3 Å². The zero-order chi connectivity index (χ0) is 20.3. The standard InChI is InChI=1S/C24H42N2O/c1-7-9-16-24(17-10-8-2,21-14-12-11-13-15-21)18-22(27)25-19-23(3,4)20-26(5)6/h11-15H,7-10,16-20H2,1-6H3,(H,25,27)/p+1. The van der Waals surface area contributed by atoms with E-state index in [0.29, 0.717) is 6.42 Å². The van der Waals surface area contributed by atoms with Gasteiger partial charge in [0, 0.05) is 23.8 Å². The van der Waals surface area contributed by atoms with E-state index in [1.807, 2.05) is 0 Å². The first-order valence-electron chi connectivity index (χ1n) is 10.9. The first kappa shape index (κ1) is 23.7. The smallest absolute Gasteiger partial charge is 0.220 e. The summed E-state index contributed by atoms with van der Waals surface area (Å²) in [5.74, 6) is 0.202. The van der Waals surface area contributed by atoms with E-state index >= 15 is 0 Å². The van der Waals surface area contributed by atoms with Crippen LogP contribution in [0, 0.1) is 5.41 Å². The molecule has 0 saturated heterocycles. The van der Waals surface area contributed by atoms with Crippen LogP contribution in [0.1, 0.15) is 78.2 Å². The van der Waals surface area contributed by atoms with Gasteiger partial charge in [0.2, 0.25) is 5.91 Å². The van der Waals surface area contributed by atoms with Gasteiger partial charge in [-0.2, -0.15) is 0 Å². The van der Waals surface area contributed by atoms with E-state index < -0.39 is 0 Å². The summed E-state index contributed by atoms with van der Waals surface area (Å²) in [6.07, 6.45) is 7.45. The Hall–Kier alpha value is -1.35. The van der Waals surface area contributed by atoms with Gasteiger partial charge >= 0.3 is 0 Å². The predicted octanol–water partition coefficient (Wildman–Crippen LogP) is 3.98. The topological polar surface area (TPSA) is 33.5 Å². The van der Waals surface area contributed by atoms with Crippen LogP contribution in [0.25, 0.3) is 0 Å². The van der Waals surface area contributed by atoms with Crippen molar-refractivity contribution in [3.05, 3.63) is 35.9 Å². The third-order valence-corrected chi connectivity index (χ3v) is 5.50. The molecular formula is C24H43N2O+. The Bertz CT molecular complexity index is 529. The van der Waals surface area contributed by atoms with Crippen molar-refractivity contribution in [2.45, 2.75) is 78.1 Å². The van der Waals surface area contributed by atoms with Crippen LogP contribution in [0.5, 0.6) is 0 Å². The highest BCUT2D eigenvalue weighted by atomic mass is 16.1. The molecule has 3 heteroatoms. The summed E-state index contributed by atoms with van der Waals surface area (Å²) < 4.78 is 0. The molecule has 1 aromatic carbocycles. The third kappa shape index (κ3) is 8.47. The van der Waals surface area contributed by atoms with Crippen molar-refractivity contribution in [1.29, 1.82) is 0 Å². The SMILES string of the molecule is CCCCC(CCCC)(CC(=O)NCC(C)(C)C[NH+](C)C)c1ccccc1. The fourth-order valence-corrected chi connectivity index (χ4v) is 4.24. The molecule has 27 heavy (non-hydrogen) atoms. The molecule has 0 saturated carbocycles. The fourth-order valence-electron chi connectivity index (χ4n) is 4.24. The van der Waals surface area contributed by atoms with Crippen LogP contribution in [-0.2, 0) is 10.2 Å². The predicted molar refractivity (Wildman–Crippen MR) is 116 cm³/mol. The molecule has 0 fully saturated rings. The average molecular weight is 376 g/mol. The van der Waals surface area contributed by atoms with Crippen molar-refractivity contribution in [2.24, 2.45) is 5.41 Å². The van der Waals surface area contributed by atoms with Crippen molar-refractivity contribution in [3.63, 3.8) is 0 Å². The second-order valence-corrected chi connectivity index (χ2v) is 9.36. The second kappa shape index (κ2) is 11.5. The van der Waals surface area contributed by atoms with Gasteiger partial charge in [-0.15, -0.1) is 0 Å². The second-order valence-electron chi connectivity index (χ2n) is 9.36. The van der Waals surface area contributed by atoms with Gasteiger partial charge in [0.15, 0.2) is 0 Å². The summed E-state index contributed by atoms with van der Waals surface area (Å²) in [6.45, 7) is 10.7. The van der Waals surface area contributed by atoms with E-state index in [9.17, 15) is 4.79 Å². The van der Waals surface area contributed by atoms with E-state index in [1.54, 1.807) is 0 Å². The highest BCUT2D eigenvalue weighted by Crippen LogP contribution is 2.38. The monoisotopic (exact) mass is 375 g/mol. The van der Waals surface area contributed by atoms with Crippen LogP contribution in [0.2, 0.25) is 0 Å². The molecule has 0 aromatic heterocycles. The molecule has 0 aliphatic heterocycles. The van der Waals surface area contributed by atoms with Gasteiger partial charge in [-0.25, -0.2) is 0 Å². The van der Waals surface area contributed by atoms with Crippen LogP contribution in [0.3, 0.4) is 0 Å². The minimum atomic E-state index is -0.0334. The first-order chi connectivity index (χ1) is 12.7. The molecular weight excluding hydrogens is 332 g/mol. The lowest BCUT2D eigenvalue weighted by Gasteiger charge is -2.35. The van der Waals surface area contributed by atoms with Crippen LogP contribution >= 0.6 is 0 Å². The zero-order valence-electron chi connectivity index (χ0n) is 18.7. The zero-order valence-corrected chi connectivity index (χ0v) is 18.7. The van der Waals surface area contributed by atoms with Crippen LogP contribution in [-0.4, -0.2) is 33.1 Å². The molecule has 1 amide bonds. The van der Waals surface area contributed by atoms with Crippen molar-refractivity contribution in [1.82, 2.24) is 5.32 Å². The molecule has 0 atom stereocenters. The van der Waals surface area contributed by atoms with E-state index in [0.717, 1.165) is 25.9 Å². The lowest BCUT2D eigenvalue weighted by atomic mass is 9.70. The van der Waals surface area contributed by atoms with Crippen LogP contribution in [0.4, 0.5) is 0 Å². The minimum absolute atomic E-state index is 0.0334. The Morgan fingerprint density at radius 2 is 1.56 bits per heavy atom. The molecule has 3 nitrogen and oxygen atoms in total. The maximum absolute atomic E-state index is 13.0. The minimum Gasteiger partial charge on any atom is -0.355 e. The van der Waals surface area contributed by atoms with Gasteiger partial charge in [-0.3, -0.25) is 4.79 Å². The largest absolute Gasteiger partial charge is 0.355 e. The number of carbonyl (C=O) groups is 1. The molecule has 0 aliphatic carbocycles. The molecule has 0 spiro atoms. The molecule has 0 bridgehead atoms. The summed E-state index contributed by atoms with van der Waals surface area (Å²) >= 11 is 0. The fraction of sp³-hybridized carbons (Fsp3) is 0.708. The van der Waals surface area contributed by atoms with Gasteiger partial charge < -0.3 is 10.2 Å². The molecule has 0 heterocycles. The van der Waals surface area contributed by atoms with Crippen molar-refractivity contribution < 1.29 is 9.69 Å². The number of unbranched alkanes of at least 4 members (excludes halogenated alkanes) is 2. The van der Waals surface area contributed by atoms with Crippen molar-refractivity contribution in [3.8, 4) is 0 Å². The lowest BCUT2D eigenvalue weighted by Crippen LogP contribution is -3.07. The van der Waals surface area contributed by atoms with E-state index in [1.165, 1.54) is 36.1 Å². The number of carbonyl (C=O) groups excluding carboxylic acids is 1. The Morgan fingerprint density at radius 1 is 1.00 bits per heavy atom. The number of rotatable bonds is 13. The van der Waals surface area contributed by atoms with E-state index in [4.69, 9.17) is 0 Å². The summed E-state index contributed by atoms with van der Waals surface area (Å²) in [4.78, 5) is 14.4. The maximum Gasteiger partial charge on any atom is 0.220 e. The average Bonchev–Trinajstić information content (AvgIpc) is 2.62. The van der Waals surface area contributed by atoms with Gasteiger partial charge in [0.05, 0.1) is 20.6 Å². The first-order valence-corrected chi connectivity index (χ1v) is 10.9. The summed E-state index contributed by atoms with van der Waals surface area (Å²) in [7, 11) is 4.33. The van der Waals surface area contributed by atoms with E-state index in [-0.39, 0.29) is 16.7 Å².